The summed E-state index contributed by atoms with van der Waals surface area (Å²) in [5.41, 5.74) is 1.96. The molecule has 82 valence electrons. The van der Waals surface area contributed by atoms with E-state index in [1.54, 1.807) is 30.3 Å². The summed E-state index contributed by atoms with van der Waals surface area (Å²) in [6, 6.07) is 14.4. The van der Waals surface area contributed by atoms with Gasteiger partial charge in [-0.2, -0.15) is 0 Å². The summed E-state index contributed by atoms with van der Waals surface area (Å²) in [6.45, 7) is 0. The van der Waals surface area contributed by atoms with Crippen molar-refractivity contribution in [1.29, 1.82) is 0 Å². The largest absolute Gasteiger partial charge is 0.289 e. The van der Waals surface area contributed by atoms with Gasteiger partial charge < -0.3 is 0 Å². The Morgan fingerprint density at radius 3 is 2.41 bits per heavy atom. The second-order valence-electron chi connectivity index (χ2n) is 3.53. The molecule has 2 heteroatoms. The molecule has 2 aromatic carbocycles. The number of hydrogen-bond acceptors (Lipinski definition) is 1. The number of benzene rings is 2. The lowest BCUT2D eigenvalue weighted by Gasteiger charge is -2.03. The van der Waals surface area contributed by atoms with Gasteiger partial charge in [0.15, 0.2) is 5.78 Å². The SMILES string of the molecule is C#Cc1cc(C(=O)c2ccccc2)ccc1Br. The minimum atomic E-state index is -0.0189. The van der Waals surface area contributed by atoms with Gasteiger partial charge in [-0.3, -0.25) is 4.79 Å². The zero-order valence-electron chi connectivity index (χ0n) is 8.98. The Labute approximate surface area is 109 Å². The molecule has 2 rings (SSSR count). The van der Waals surface area contributed by atoms with Crippen LogP contribution in [0.2, 0.25) is 0 Å². The van der Waals surface area contributed by atoms with Gasteiger partial charge in [0.1, 0.15) is 0 Å². The van der Waals surface area contributed by atoms with Crippen LogP contribution in [0.15, 0.2) is 53.0 Å². The molecule has 0 aromatic heterocycles. The van der Waals surface area contributed by atoms with E-state index in [0.29, 0.717) is 16.7 Å². The van der Waals surface area contributed by atoms with Crippen LogP contribution in [0.3, 0.4) is 0 Å². The van der Waals surface area contributed by atoms with Crippen LogP contribution in [0, 0.1) is 12.3 Å². The van der Waals surface area contributed by atoms with Gasteiger partial charge in [-0.15, -0.1) is 6.42 Å². The Kier molecular flexibility index (Phi) is 3.41. The third-order valence-corrected chi connectivity index (χ3v) is 3.11. The van der Waals surface area contributed by atoms with Crippen molar-refractivity contribution in [3.63, 3.8) is 0 Å². The van der Waals surface area contributed by atoms with Crippen molar-refractivity contribution in [2.75, 3.05) is 0 Å². The number of carbonyl (C=O) groups excluding carboxylic acids is 1. The number of hydrogen-bond donors (Lipinski definition) is 0. The highest BCUT2D eigenvalue weighted by molar-refractivity contribution is 9.10. The van der Waals surface area contributed by atoms with E-state index in [4.69, 9.17) is 6.42 Å². The molecule has 0 amide bonds. The quantitative estimate of drug-likeness (QED) is 0.608. The van der Waals surface area contributed by atoms with Gasteiger partial charge >= 0.3 is 0 Å². The van der Waals surface area contributed by atoms with Crippen LogP contribution < -0.4 is 0 Å². The van der Waals surface area contributed by atoms with Crippen LogP contribution in [0.4, 0.5) is 0 Å². The lowest BCUT2D eigenvalue weighted by molar-refractivity contribution is 0.103. The summed E-state index contributed by atoms with van der Waals surface area (Å²) in [5, 5.41) is 0. The van der Waals surface area contributed by atoms with Crippen molar-refractivity contribution < 1.29 is 4.79 Å². The van der Waals surface area contributed by atoms with Crippen molar-refractivity contribution >= 4 is 21.7 Å². The van der Waals surface area contributed by atoms with E-state index >= 15 is 0 Å². The molecule has 0 bridgehead atoms. The maximum atomic E-state index is 12.1. The van der Waals surface area contributed by atoms with Crippen molar-refractivity contribution in [2.45, 2.75) is 0 Å². The van der Waals surface area contributed by atoms with Crippen LogP contribution in [-0.4, -0.2) is 5.78 Å². The van der Waals surface area contributed by atoms with Gasteiger partial charge in [0.05, 0.1) is 0 Å². The number of carbonyl (C=O) groups is 1. The molecule has 0 radical (unpaired) electrons. The molecule has 0 saturated carbocycles. The highest BCUT2D eigenvalue weighted by atomic mass is 79.9. The van der Waals surface area contributed by atoms with E-state index in [1.165, 1.54) is 0 Å². The molecule has 0 heterocycles. The highest BCUT2D eigenvalue weighted by Gasteiger charge is 2.09. The number of halogens is 1. The lowest BCUT2D eigenvalue weighted by atomic mass is 10.0. The summed E-state index contributed by atoms with van der Waals surface area (Å²) in [5.74, 6) is 2.52. The van der Waals surface area contributed by atoms with E-state index in [9.17, 15) is 4.79 Å². The van der Waals surface area contributed by atoms with Crippen LogP contribution in [-0.2, 0) is 0 Å². The lowest BCUT2D eigenvalue weighted by Crippen LogP contribution is -2.01. The predicted molar refractivity (Wildman–Crippen MR) is 72.0 cm³/mol. The van der Waals surface area contributed by atoms with Crippen molar-refractivity contribution in [1.82, 2.24) is 0 Å². The topological polar surface area (TPSA) is 17.1 Å². The van der Waals surface area contributed by atoms with Crippen molar-refractivity contribution in [3.05, 3.63) is 69.7 Å². The molecule has 0 aliphatic rings. The van der Waals surface area contributed by atoms with Gasteiger partial charge in [0.2, 0.25) is 0 Å². The summed E-state index contributed by atoms with van der Waals surface area (Å²) in [6.07, 6.45) is 5.37. The second kappa shape index (κ2) is 4.99. The van der Waals surface area contributed by atoms with Gasteiger partial charge in [-0.05, 0) is 34.1 Å². The first-order valence-corrected chi connectivity index (χ1v) is 5.87. The maximum absolute atomic E-state index is 12.1. The fourth-order valence-corrected chi connectivity index (χ4v) is 1.89. The summed E-state index contributed by atoms with van der Waals surface area (Å²) >= 11 is 3.34. The van der Waals surface area contributed by atoms with Crippen molar-refractivity contribution in [3.8, 4) is 12.3 Å². The Morgan fingerprint density at radius 1 is 1.06 bits per heavy atom. The first-order valence-electron chi connectivity index (χ1n) is 5.08. The van der Waals surface area contributed by atoms with Crippen LogP contribution in [0.1, 0.15) is 21.5 Å². The van der Waals surface area contributed by atoms with Gasteiger partial charge in [-0.1, -0.05) is 36.3 Å². The molecule has 0 aliphatic heterocycles. The zero-order chi connectivity index (χ0) is 12.3. The van der Waals surface area contributed by atoms with Gasteiger partial charge in [-0.25, -0.2) is 0 Å². The van der Waals surface area contributed by atoms with E-state index < -0.39 is 0 Å². The molecule has 0 aliphatic carbocycles. The molecule has 2 aromatic rings. The second-order valence-corrected chi connectivity index (χ2v) is 4.39. The van der Waals surface area contributed by atoms with Crippen LogP contribution in [0.25, 0.3) is 0 Å². The average molecular weight is 285 g/mol. The van der Waals surface area contributed by atoms with Crippen LogP contribution in [0.5, 0.6) is 0 Å². The molecule has 17 heavy (non-hydrogen) atoms. The first kappa shape index (κ1) is 11.6. The first-order chi connectivity index (χ1) is 8.22. The Morgan fingerprint density at radius 2 is 1.76 bits per heavy atom. The third kappa shape index (κ3) is 2.46. The summed E-state index contributed by atoms with van der Waals surface area (Å²) < 4.78 is 0.824. The predicted octanol–water partition coefficient (Wildman–Crippen LogP) is 3.66. The normalized spacial score (nSPS) is 9.65. The van der Waals surface area contributed by atoms with E-state index in [-0.39, 0.29) is 5.78 Å². The molecule has 0 spiro atoms. The number of terminal acetylenes is 1. The average Bonchev–Trinajstić information content (AvgIpc) is 2.39. The minimum Gasteiger partial charge on any atom is -0.289 e. The summed E-state index contributed by atoms with van der Waals surface area (Å²) in [7, 11) is 0. The Hall–Kier alpha value is -1.85. The van der Waals surface area contributed by atoms with Gasteiger partial charge in [0.25, 0.3) is 0 Å². The van der Waals surface area contributed by atoms with Crippen molar-refractivity contribution in [2.24, 2.45) is 0 Å². The Balaban J connectivity index is 2.43. The molecular weight excluding hydrogens is 276 g/mol. The third-order valence-electron chi connectivity index (χ3n) is 2.42. The van der Waals surface area contributed by atoms with E-state index in [1.807, 2.05) is 18.2 Å². The molecule has 0 unspecified atom stereocenters. The van der Waals surface area contributed by atoms with E-state index in [2.05, 4.69) is 21.9 Å². The molecule has 0 saturated heterocycles. The highest BCUT2D eigenvalue weighted by Crippen LogP contribution is 2.19. The number of rotatable bonds is 2. The standard InChI is InChI=1S/C15H9BrO/c1-2-11-10-13(8-9-14(11)16)15(17)12-6-4-3-5-7-12/h1,3-10H. The molecule has 1 nitrogen and oxygen atoms in total. The van der Waals surface area contributed by atoms with E-state index in [0.717, 1.165) is 4.47 Å². The molecule has 0 N–H and O–H groups in total. The smallest absolute Gasteiger partial charge is 0.193 e. The van der Waals surface area contributed by atoms with Crippen LogP contribution >= 0.6 is 15.9 Å². The maximum Gasteiger partial charge on any atom is 0.193 e. The Bertz CT molecular complexity index is 594. The molecular formula is C15H9BrO. The fourth-order valence-electron chi connectivity index (χ4n) is 1.53. The fraction of sp³-hybridized carbons (Fsp3) is 0. The zero-order valence-corrected chi connectivity index (χ0v) is 10.6. The van der Waals surface area contributed by atoms with Gasteiger partial charge in [0, 0.05) is 21.2 Å². The summed E-state index contributed by atoms with van der Waals surface area (Å²) in [4.78, 5) is 12.1. The number of ketones is 1. The monoisotopic (exact) mass is 284 g/mol. The minimum absolute atomic E-state index is 0.0189. The molecule has 0 atom stereocenters. The molecule has 0 fully saturated rings.